The number of nitro benzene ring substituents is 1. The van der Waals surface area contributed by atoms with E-state index in [1.165, 1.54) is 12.1 Å². The van der Waals surface area contributed by atoms with E-state index in [1.54, 1.807) is 4.90 Å². The summed E-state index contributed by atoms with van der Waals surface area (Å²) in [6.45, 7) is 0. The van der Waals surface area contributed by atoms with E-state index < -0.39 is 22.6 Å². The zero-order chi connectivity index (χ0) is 14.4. The molecule has 0 aromatic heterocycles. The molecule has 0 spiro atoms. The lowest BCUT2D eigenvalue weighted by Crippen LogP contribution is -2.33. The molecule has 2 fully saturated rings. The number of carboxylic acids is 1. The Kier molecular flexibility index (Phi) is 2.84. The van der Waals surface area contributed by atoms with E-state index in [1.807, 2.05) is 0 Å². The van der Waals surface area contributed by atoms with Crippen molar-refractivity contribution in [3.63, 3.8) is 0 Å². The summed E-state index contributed by atoms with van der Waals surface area (Å²) in [5.74, 6) is -2.04. The van der Waals surface area contributed by atoms with Crippen LogP contribution in [0.25, 0.3) is 0 Å². The van der Waals surface area contributed by atoms with Crippen LogP contribution in [0.3, 0.4) is 0 Å². The lowest BCUT2D eigenvalue weighted by Gasteiger charge is -2.24. The van der Waals surface area contributed by atoms with Gasteiger partial charge in [0.15, 0.2) is 0 Å². The molecule has 2 saturated heterocycles. The molecule has 2 bridgehead atoms. The summed E-state index contributed by atoms with van der Waals surface area (Å²) >= 11 is 0. The Morgan fingerprint density at radius 2 is 2.20 bits per heavy atom. The van der Waals surface area contributed by atoms with Gasteiger partial charge in [0, 0.05) is 12.1 Å². The van der Waals surface area contributed by atoms with Crippen molar-refractivity contribution in [3.05, 3.63) is 34.1 Å². The smallest absolute Gasteiger partial charge is 0.308 e. The van der Waals surface area contributed by atoms with Crippen LogP contribution in [-0.4, -0.2) is 28.1 Å². The summed E-state index contributed by atoms with van der Waals surface area (Å²) in [7, 11) is 0. The van der Waals surface area contributed by atoms with Crippen LogP contribution in [0.2, 0.25) is 0 Å². The molecule has 0 aliphatic carbocycles. The van der Waals surface area contributed by atoms with Gasteiger partial charge in [-0.05, 0) is 31.4 Å². The summed E-state index contributed by atoms with van der Waals surface area (Å²) in [6.07, 6.45) is 2.02. The molecule has 6 nitrogen and oxygen atoms in total. The van der Waals surface area contributed by atoms with E-state index in [9.17, 15) is 24.4 Å². The maximum absolute atomic E-state index is 13.2. The number of hydrogen-bond acceptors (Lipinski definition) is 4. The first kappa shape index (κ1) is 12.8. The van der Waals surface area contributed by atoms with Crippen LogP contribution in [-0.2, 0) is 4.79 Å². The number of carboxylic acid groups (broad SMARTS) is 1. The van der Waals surface area contributed by atoms with Gasteiger partial charge in [0.05, 0.1) is 16.9 Å². The number of fused-ring (bicyclic) bond motifs is 2. The van der Waals surface area contributed by atoms with E-state index in [4.69, 9.17) is 0 Å². The summed E-state index contributed by atoms with van der Waals surface area (Å²) in [5, 5.41) is 20.3. The zero-order valence-corrected chi connectivity index (χ0v) is 10.5. The fraction of sp³-hybridized carbons (Fsp3) is 0.462. The largest absolute Gasteiger partial charge is 0.481 e. The molecule has 1 aromatic carbocycles. The third-order valence-corrected chi connectivity index (χ3v) is 4.27. The highest BCUT2D eigenvalue weighted by Crippen LogP contribution is 2.47. The first-order chi connectivity index (χ1) is 9.49. The van der Waals surface area contributed by atoms with Crippen LogP contribution in [0.4, 0.5) is 15.8 Å². The fourth-order valence-electron chi connectivity index (χ4n) is 3.49. The van der Waals surface area contributed by atoms with Crippen molar-refractivity contribution in [1.29, 1.82) is 0 Å². The molecular weight excluding hydrogens is 267 g/mol. The molecule has 1 N–H and O–H groups in total. The van der Waals surface area contributed by atoms with E-state index in [0.717, 1.165) is 12.5 Å². The first-order valence-corrected chi connectivity index (χ1v) is 6.44. The molecule has 7 heteroatoms. The number of benzene rings is 1. The monoisotopic (exact) mass is 280 g/mol. The van der Waals surface area contributed by atoms with Crippen molar-refractivity contribution in [2.24, 2.45) is 5.92 Å². The molecule has 2 aliphatic heterocycles. The Labute approximate surface area is 114 Å². The Morgan fingerprint density at radius 3 is 2.80 bits per heavy atom. The van der Waals surface area contributed by atoms with Crippen LogP contribution >= 0.6 is 0 Å². The second-order valence-corrected chi connectivity index (χ2v) is 5.28. The molecule has 3 atom stereocenters. The third kappa shape index (κ3) is 1.81. The maximum Gasteiger partial charge on any atom is 0.308 e. The molecule has 0 saturated carbocycles. The van der Waals surface area contributed by atoms with E-state index in [0.29, 0.717) is 18.5 Å². The molecule has 2 aliphatic rings. The minimum atomic E-state index is -0.869. The molecule has 3 rings (SSSR count). The van der Waals surface area contributed by atoms with Crippen LogP contribution in [0.1, 0.15) is 19.3 Å². The van der Waals surface area contributed by atoms with E-state index >= 15 is 0 Å². The lowest BCUT2D eigenvalue weighted by atomic mass is 9.89. The molecule has 3 unspecified atom stereocenters. The van der Waals surface area contributed by atoms with Crippen molar-refractivity contribution in [2.75, 3.05) is 4.90 Å². The highest BCUT2D eigenvalue weighted by atomic mass is 19.1. The Morgan fingerprint density at radius 1 is 1.45 bits per heavy atom. The normalized spacial score (nSPS) is 27.9. The number of halogens is 1. The van der Waals surface area contributed by atoms with Gasteiger partial charge < -0.3 is 10.0 Å². The second-order valence-electron chi connectivity index (χ2n) is 5.28. The number of carbonyl (C=O) groups is 1. The van der Waals surface area contributed by atoms with Crippen molar-refractivity contribution < 1.29 is 19.2 Å². The standard InChI is InChI=1S/C13H13FN2O4/c14-7-1-3-11(12(5-7)16(19)20)15-8-2-4-10(15)9(6-8)13(17)18/h1,3,5,8-10H,2,4,6H2,(H,17,18). The Hall–Kier alpha value is -2.18. The third-order valence-electron chi connectivity index (χ3n) is 4.27. The number of nitro groups is 1. The van der Waals surface area contributed by atoms with Gasteiger partial charge >= 0.3 is 5.97 Å². The highest BCUT2D eigenvalue weighted by molar-refractivity contribution is 5.75. The summed E-state index contributed by atoms with van der Waals surface area (Å²) < 4.78 is 13.2. The van der Waals surface area contributed by atoms with Gasteiger partial charge in [-0.3, -0.25) is 14.9 Å². The maximum atomic E-state index is 13.2. The average molecular weight is 280 g/mol. The number of hydrogen-bond donors (Lipinski definition) is 1. The van der Waals surface area contributed by atoms with Crippen LogP contribution < -0.4 is 4.90 Å². The van der Waals surface area contributed by atoms with Crippen molar-refractivity contribution in [3.8, 4) is 0 Å². The van der Waals surface area contributed by atoms with Crippen molar-refractivity contribution in [1.82, 2.24) is 0 Å². The number of aliphatic carboxylic acids is 1. The van der Waals surface area contributed by atoms with Crippen molar-refractivity contribution in [2.45, 2.75) is 31.3 Å². The average Bonchev–Trinajstić information content (AvgIpc) is 2.96. The van der Waals surface area contributed by atoms with Crippen LogP contribution in [0.5, 0.6) is 0 Å². The first-order valence-electron chi connectivity index (χ1n) is 6.44. The van der Waals surface area contributed by atoms with Gasteiger partial charge in [-0.25, -0.2) is 4.39 Å². The molecule has 2 heterocycles. The molecule has 106 valence electrons. The predicted molar refractivity (Wildman–Crippen MR) is 68.1 cm³/mol. The summed E-state index contributed by atoms with van der Waals surface area (Å²) in [4.78, 5) is 23.5. The zero-order valence-electron chi connectivity index (χ0n) is 10.5. The predicted octanol–water partition coefficient (Wildman–Crippen LogP) is 2.18. The quantitative estimate of drug-likeness (QED) is 0.677. The summed E-state index contributed by atoms with van der Waals surface area (Å²) in [5.41, 5.74) is 0.0283. The lowest BCUT2D eigenvalue weighted by molar-refractivity contribution is -0.384. The molecule has 20 heavy (non-hydrogen) atoms. The Balaban J connectivity index is 2.02. The number of nitrogens with zero attached hydrogens (tertiary/aromatic N) is 2. The molecule has 0 radical (unpaired) electrons. The minimum absolute atomic E-state index is 0.00902. The topological polar surface area (TPSA) is 83.7 Å². The van der Waals surface area contributed by atoms with Gasteiger partial charge in [-0.2, -0.15) is 0 Å². The van der Waals surface area contributed by atoms with Crippen LogP contribution in [0.15, 0.2) is 18.2 Å². The van der Waals surface area contributed by atoms with E-state index in [-0.39, 0.29) is 17.8 Å². The van der Waals surface area contributed by atoms with Gasteiger partial charge in [0.1, 0.15) is 11.5 Å². The number of rotatable bonds is 3. The van der Waals surface area contributed by atoms with Gasteiger partial charge in [0.25, 0.3) is 5.69 Å². The van der Waals surface area contributed by atoms with E-state index in [2.05, 4.69) is 0 Å². The Bertz CT molecular complexity index is 592. The SMILES string of the molecule is O=C(O)C1CC2CCC1N2c1ccc(F)cc1[N+](=O)[O-]. The molecule has 1 aromatic rings. The number of anilines is 1. The summed E-state index contributed by atoms with van der Waals surface area (Å²) in [6, 6.07) is 3.20. The fourth-order valence-corrected chi connectivity index (χ4v) is 3.49. The highest BCUT2D eigenvalue weighted by Gasteiger charge is 2.50. The molecular formula is C13H13FN2O4. The second kappa shape index (κ2) is 4.43. The van der Waals surface area contributed by atoms with Gasteiger partial charge in [0.2, 0.25) is 0 Å². The van der Waals surface area contributed by atoms with Gasteiger partial charge in [-0.15, -0.1) is 0 Å². The van der Waals surface area contributed by atoms with Crippen molar-refractivity contribution >= 4 is 17.3 Å². The molecule has 0 amide bonds. The van der Waals surface area contributed by atoms with Gasteiger partial charge in [-0.1, -0.05) is 0 Å². The minimum Gasteiger partial charge on any atom is -0.481 e. The van der Waals surface area contributed by atoms with Crippen LogP contribution in [0, 0.1) is 21.8 Å².